The van der Waals surface area contributed by atoms with Gasteiger partial charge in [-0.25, -0.2) is 0 Å². The van der Waals surface area contributed by atoms with Gasteiger partial charge in [0.15, 0.2) is 5.96 Å². The van der Waals surface area contributed by atoms with E-state index in [9.17, 15) is 0 Å². The number of hydrogen-bond donors (Lipinski definition) is 2. The molecule has 0 fully saturated rings. The Morgan fingerprint density at radius 2 is 2.11 bits per heavy atom. The fourth-order valence-corrected chi connectivity index (χ4v) is 2.11. The molecule has 0 unspecified atom stereocenters. The van der Waals surface area contributed by atoms with Gasteiger partial charge in [-0.3, -0.25) is 4.99 Å². The number of hydrogen-bond acceptors (Lipinski definition) is 1. The molecule has 0 aliphatic heterocycles. The van der Waals surface area contributed by atoms with Crippen molar-refractivity contribution in [3.05, 3.63) is 11.6 Å². The van der Waals surface area contributed by atoms with E-state index >= 15 is 0 Å². The largest absolute Gasteiger partial charge is 0.357 e. The Morgan fingerprint density at radius 1 is 1.33 bits per heavy atom. The van der Waals surface area contributed by atoms with Gasteiger partial charge in [0, 0.05) is 18.6 Å². The van der Waals surface area contributed by atoms with Crippen LogP contribution in [0, 0.1) is 0 Å². The van der Waals surface area contributed by atoms with Crippen LogP contribution in [-0.2, 0) is 0 Å². The van der Waals surface area contributed by atoms with Gasteiger partial charge in [0.25, 0.3) is 0 Å². The molecule has 1 aliphatic rings. The lowest BCUT2D eigenvalue weighted by Crippen LogP contribution is -2.47. The number of allylic oxidation sites excluding steroid dienone is 1. The first-order chi connectivity index (χ1) is 8.51. The summed E-state index contributed by atoms with van der Waals surface area (Å²) in [4.78, 5) is 4.65. The van der Waals surface area contributed by atoms with Gasteiger partial charge in [-0.1, -0.05) is 11.6 Å². The Morgan fingerprint density at radius 3 is 2.67 bits per heavy atom. The van der Waals surface area contributed by atoms with Gasteiger partial charge in [-0.05, 0) is 59.8 Å². The van der Waals surface area contributed by atoms with Crippen molar-refractivity contribution in [2.75, 3.05) is 13.1 Å². The third-order valence-corrected chi connectivity index (χ3v) is 2.93. The lowest BCUT2D eigenvalue weighted by Gasteiger charge is -2.23. The Labute approximate surface area is 112 Å². The van der Waals surface area contributed by atoms with E-state index in [1.165, 1.54) is 25.7 Å². The normalized spacial score (nSPS) is 17.3. The second-order valence-corrected chi connectivity index (χ2v) is 5.99. The summed E-state index contributed by atoms with van der Waals surface area (Å²) >= 11 is 0. The molecular weight excluding hydrogens is 222 g/mol. The maximum atomic E-state index is 4.65. The molecule has 1 aliphatic carbocycles. The minimum Gasteiger partial charge on any atom is -0.357 e. The van der Waals surface area contributed by atoms with Crippen molar-refractivity contribution < 1.29 is 0 Å². The summed E-state index contributed by atoms with van der Waals surface area (Å²) in [7, 11) is 0. The Hall–Kier alpha value is -0.990. The number of rotatable bonds is 4. The maximum Gasteiger partial charge on any atom is 0.191 e. The highest BCUT2D eigenvalue weighted by molar-refractivity contribution is 5.80. The molecule has 3 nitrogen and oxygen atoms in total. The van der Waals surface area contributed by atoms with Gasteiger partial charge >= 0.3 is 0 Å². The molecular formula is C15H29N3. The van der Waals surface area contributed by atoms with Crippen LogP contribution in [0.1, 0.15) is 59.8 Å². The Bertz CT molecular complexity index is 297. The minimum atomic E-state index is 0.0606. The smallest absolute Gasteiger partial charge is 0.191 e. The monoisotopic (exact) mass is 251 g/mol. The third kappa shape index (κ3) is 6.67. The van der Waals surface area contributed by atoms with Crippen LogP contribution in [0.3, 0.4) is 0 Å². The average Bonchev–Trinajstić information content (AvgIpc) is 2.28. The zero-order valence-corrected chi connectivity index (χ0v) is 12.5. The number of guanidine groups is 1. The number of nitrogens with one attached hydrogen (secondary N) is 2. The average molecular weight is 251 g/mol. The van der Waals surface area contributed by atoms with E-state index in [1.54, 1.807) is 5.57 Å². The summed E-state index contributed by atoms with van der Waals surface area (Å²) in [5.41, 5.74) is 1.65. The topological polar surface area (TPSA) is 36.4 Å². The molecule has 0 radical (unpaired) electrons. The minimum absolute atomic E-state index is 0.0606. The lowest BCUT2D eigenvalue weighted by molar-refractivity contribution is 0.501. The Kier molecular flexibility index (Phi) is 6.23. The van der Waals surface area contributed by atoms with E-state index < -0.39 is 0 Å². The molecule has 0 aromatic heterocycles. The number of nitrogens with zero attached hydrogens (tertiary/aromatic N) is 1. The predicted octanol–water partition coefficient (Wildman–Crippen LogP) is 3.23. The summed E-state index contributed by atoms with van der Waals surface area (Å²) in [6.07, 6.45) is 8.78. The fraction of sp³-hybridized carbons (Fsp3) is 0.800. The molecule has 1 rings (SSSR count). The number of aliphatic imine (C=N–C) groups is 1. The van der Waals surface area contributed by atoms with Crippen molar-refractivity contribution in [3.63, 3.8) is 0 Å². The van der Waals surface area contributed by atoms with Gasteiger partial charge in [-0.2, -0.15) is 0 Å². The van der Waals surface area contributed by atoms with Gasteiger partial charge < -0.3 is 10.6 Å². The van der Waals surface area contributed by atoms with E-state index in [2.05, 4.69) is 49.4 Å². The summed E-state index contributed by atoms with van der Waals surface area (Å²) in [5, 5.41) is 6.71. The first-order valence-corrected chi connectivity index (χ1v) is 7.25. The first-order valence-electron chi connectivity index (χ1n) is 7.25. The molecule has 0 saturated carbocycles. The molecule has 3 heteroatoms. The fourth-order valence-electron chi connectivity index (χ4n) is 2.11. The summed E-state index contributed by atoms with van der Waals surface area (Å²) < 4.78 is 0. The zero-order valence-electron chi connectivity index (χ0n) is 12.5. The molecule has 0 aromatic rings. The van der Waals surface area contributed by atoms with Crippen molar-refractivity contribution in [2.45, 2.75) is 65.3 Å². The molecule has 0 atom stereocenters. The molecule has 0 amide bonds. The molecule has 0 heterocycles. The van der Waals surface area contributed by atoms with Gasteiger partial charge in [-0.15, -0.1) is 0 Å². The van der Waals surface area contributed by atoms with Gasteiger partial charge in [0.05, 0.1) is 0 Å². The Balaban J connectivity index is 2.41. The highest BCUT2D eigenvalue weighted by atomic mass is 15.2. The summed E-state index contributed by atoms with van der Waals surface area (Å²) in [6, 6.07) is 0. The van der Waals surface area contributed by atoms with Crippen LogP contribution in [0.25, 0.3) is 0 Å². The summed E-state index contributed by atoms with van der Waals surface area (Å²) in [5.74, 6) is 0.932. The molecule has 0 aromatic carbocycles. The van der Waals surface area contributed by atoms with Gasteiger partial charge in [0.2, 0.25) is 0 Å². The quantitative estimate of drug-likeness (QED) is 0.457. The van der Waals surface area contributed by atoms with Crippen LogP contribution >= 0.6 is 0 Å². The van der Waals surface area contributed by atoms with Crippen LogP contribution in [-0.4, -0.2) is 24.6 Å². The van der Waals surface area contributed by atoms with Crippen LogP contribution in [0.2, 0.25) is 0 Å². The lowest BCUT2D eigenvalue weighted by atomic mass is 9.97. The third-order valence-electron chi connectivity index (χ3n) is 2.93. The van der Waals surface area contributed by atoms with Crippen LogP contribution in [0.5, 0.6) is 0 Å². The molecule has 0 spiro atoms. The van der Waals surface area contributed by atoms with E-state index in [0.717, 1.165) is 25.5 Å². The van der Waals surface area contributed by atoms with Crippen molar-refractivity contribution >= 4 is 5.96 Å². The van der Waals surface area contributed by atoms with Crippen molar-refractivity contribution in [3.8, 4) is 0 Å². The molecule has 0 saturated heterocycles. The second kappa shape index (κ2) is 7.45. The highest BCUT2D eigenvalue weighted by Gasteiger charge is 2.11. The van der Waals surface area contributed by atoms with Crippen molar-refractivity contribution in [1.82, 2.24) is 10.6 Å². The first kappa shape index (κ1) is 15.1. The summed E-state index contributed by atoms with van der Waals surface area (Å²) in [6.45, 7) is 10.4. The molecule has 2 N–H and O–H groups in total. The van der Waals surface area contributed by atoms with Crippen LogP contribution < -0.4 is 10.6 Å². The van der Waals surface area contributed by atoms with Crippen LogP contribution in [0.15, 0.2) is 16.6 Å². The molecule has 104 valence electrons. The van der Waals surface area contributed by atoms with E-state index in [1.807, 2.05) is 0 Å². The molecule has 18 heavy (non-hydrogen) atoms. The van der Waals surface area contributed by atoms with E-state index in [0.29, 0.717) is 0 Å². The SMILES string of the molecule is CCNC(=NCCC1=CCCCC1)NC(C)(C)C. The van der Waals surface area contributed by atoms with E-state index in [-0.39, 0.29) is 5.54 Å². The maximum absolute atomic E-state index is 4.65. The predicted molar refractivity (Wildman–Crippen MR) is 80.0 cm³/mol. The standard InChI is InChI=1S/C15H29N3/c1-5-16-14(18-15(2,3)4)17-12-11-13-9-7-6-8-10-13/h9H,5-8,10-12H2,1-4H3,(H2,16,17,18). The van der Waals surface area contributed by atoms with Crippen LogP contribution in [0.4, 0.5) is 0 Å². The van der Waals surface area contributed by atoms with Crippen molar-refractivity contribution in [2.24, 2.45) is 4.99 Å². The van der Waals surface area contributed by atoms with E-state index in [4.69, 9.17) is 0 Å². The second-order valence-electron chi connectivity index (χ2n) is 5.99. The highest BCUT2D eigenvalue weighted by Crippen LogP contribution is 2.19. The van der Waals surface area contributed by atoms with Gasteiger partial charge in [0.1, 0.15) is 0 Å². The zero-order chi connectivity index (χ0) is 13.4. The van der Waals surface area contributed by atoms with Crippen molar-refractivity contribution in [1.29, 1.82) is 0 Å². The molecule has 0 bridgehead atoms.